The van der Waals surface area contributed by atoms with E-state index in [1.165, 1.54) is 11.1 Å². The van der Waals surface area contributed by atoms with Gasteiger partial charge in [0.15, 0.2) is 0 Å². The Labute approximate surface area is 249 Å². The summed E-state index contributed by atoms with van der Waals surface area (Å²) in [5.41, 5.74) is 2.49. The molecule has 1 aliphatic heterocycles. The van der Waals surface area contributed by atoms with E-state index in [4.69, 9.17) is 39.2 Å². The van der Waals surface area contributed by atoms with Crippen LogP contribution in [-0.2, 0) is 36.8 Å². The van der Waals surface area contributed by atoms with Crippen LogP contribution in [0.5, 0.6) is 0 Å². The molecule has 3 heterocycles. The Balaban J connectivity index is 0.000000753. The minimum atomic E-state index is -5.08. The van der Waals surface area contributed by atoms with E-state index in [1.54, 1.807) is 7.11 Å². The summed E-state index contributed by atoms with van der Waals surface area (Å²) in [5.74, 6) is -8.27. The van der Waals surface area contributed by atoms with Gasteiger partial charge in [-0.1, -0.05) is 12.1 Å². The molecule has 3 rings (SSSR count). The number of carbonyl (C=O) groups is 3. The van der Waals surface area contributed by atoms with Gasteiger partial charge in [-0.3, -0.25) is 14.9 Å². The van der Waals surface area contributed by atoms with E-state index in [0.29, 0.717) is 19.3 Å². The number of rotatable bonds is 8. The zero-order chi connectivity index (χ0) is 34.8. The number of halogens is 9. The lowest BCUT2D eigenvalue weighted by Gasteiger charge is -2.28. The first-order valence-electron chi connectivity index (χ1n) is 12.2. The molecule has 1 aliphatic rings. The van der Waals surface area contributed by atoms with Crippen molar-refractivity contribution in [2.45, 2.75) is 50.1 Å². The van der Waals surface area contributed by atoms with Crippen LogP contribution in [0, 0.1) is 0 Å². The van der Waals surface area contributed by atoms with Crippen molar-refractivity contribution in [3.8, 4) is 0 Å². The maximum absolute atomic E-state index is 10.6. The minimum Gasteiger partial charge on any atom is -0.475 e. The molecule has 0 aliphatic carbocycles. The molecule has 20 heteroatoms. The van der Waals surface area contributed by atoms with Crippen LogP contribution in [0.2, 0.25) is 0 Å². The summed E-state index contributed by atoms with van der Waals surface area (Å²) in [4.78, 5) is 37.7. The molecule has 0 radical (unpaired) electrons. The van der Waals surface area contributed by atoms with Crippen molar-refractivity contribution in [3.63, 3.8) is 0 Å². The minimum absolute atomic E-state index is 0.233. The van der Waals surface area contributed by atoms with E-state index in [0.717, 1.165) is 25.9 Å². The van der Waals surface area contributed by atoms with E-state index >= 15 is 0 Å². The van der Waals surface area contributed by atoms with Gasteiger partial charge in [0, 0.05) is 51.0 Å². The van der Waals surface area contributed by atoms with Crippen molar-refractivity contribution in [2.24, 2.45) is 0 Å². The Bertz CT molecular complexity index is 1100. The second-order valence-corrected chi connectivity index (χ2v) is 8.56. The largest absolute Gasteiger partial charge is 0.490 e. The number of pyridine rings is 2. The molecule has 3 N–H and O–H groups in total. The summed E-state index contributed by atoms with van der Waals surface area (Å²) in [7, 11) is 1.71. The summed E-state index contributed by atoms with van der Waals surface area (Å²) in [5, 5.41) is 21.4. The predicted molar refractivity (Wildman–Crippen MR) is 134 cm³/mol. The Hall–Kier alpha value is -4.04. The van der Waals surface area contributed by atoms with Crippen LogP contribution in [0.25, 0.3) is 0 Å². The third kappa shape index (κ3) is 18.4. The number of carboxylic acids is 3. The zero-order valence-corrected chi connectivity index (χ0v) is 23.1. The summed E-state index contributed by atoms with van der Waals surface area (Å²) in [6.07, 6.45) is -5.49. The molecule has 0 amide bonds. The fourth-order valence-electron chi connectivity index (χ4n) is 3.31. The Kier molecular flexibility index (Phi) is 17.6. The third-order valence-corrected chi connectivity index (χ3v) is 5.22. The number of nitrogens with zero attached hydrogens (tertiary/aromatic N) is 3. The molecule has 1 fully saturated rings. The number of likely N-dealkylation sites (tertiary alicyclic amines) is 1. The van der Waals surface area contributed by atoms with E-state index < -0.39 is 36.4 Å². The second-order valence-electron chi connectivity index (χ2n) is 8.56. The number of carboxylic acid groups (broad SMARTS) is 3. The Morgan fingerprint density at radius 1 is 0.800 bits per heavy atom. The molecule has 254 valence electrons. The molecule has 0 aromatic carbocycles. The van der Waals surface area contributed by atoms with Gasteiger partial charge in [0.25, 0.3) is 0 Å². The monoisotopic (exact) mass is 669 g/mol. The molecule has 0 unspecified atom stereocenters. The number of alkyl halides is 9. The first-order valence-corrected chi connectivity index (χ1v) is 12.2. The highest BCUT2D eigenvalue weighted by Crippen LogP contribution is 2.26. The third-order valence-electron chi connectivity index (χ3n) is 5.22. The van der Waals surface area contributed by atoms with Gasteiger partial charge in [0.05, 0.1) is 19.3 Å². The number of methoxy groups -OCH3 is 1. The van der Waals surface area contributed by atoms with E-state index in [2.05, 4.69) is 27.0 Å². The molecule has 11 nitrogen and oxygen atoms in total. The van der Waals surface area contributed by atoms with Gasteiger partial charge in [-0.25, -0.2) is 14.4 Å². The van der Waals surface area contributed by atoms with Crippen LogP contribution in [0.15, 0.2) is 49.1 Å². The average Bonchev–Trinajstić information content (AvgIpc) is 3.30. The van der Waals surface area contributed by atoms with Crippen LogP contribution >= 0.6 is 0 Å². The van der Waals surface area contributed by atoms with Crippen LogP contribution in [0.4, 0.5) is 39.5 Å². The van der Waals surface area contributed by atoms with Gasteiger partial charge in [-0.05, 0) is 36.1 Å². The summed E-state index contributed by atoms with van der Waals surface area (Å²) < 4.78 is 106. The fraction of sp³-hybridized carbons (Fsp3) is 0.480. The van der Waals surface area contributed by atoms with Crippen LogP contribution in [0.1, 0.15) is 17.5 Å². The lowest BCUT2D eigenvalue weighted by Crippen LogP contribution is -2.38. The standard InChI is InChI=1S/C19H25N3O2.3C2HF3O2/c1-23-10-11-24-19-6-9-22(15-17-5-3-8-21-14-17)18(19)12-16-4-2-7-20-13-16;3*3-2(4,5)1(6)7/h2-5,7-8,13-14,18-19H,6,9-12,15H2,1H3;3*(H,6,7)/t18-,19-;;;/m0.../s1. The van der Waals surface area contributed by atoms with Gasteiger partial charge in [0.2, 0.25) is 0 Å². The molecule has 1 saturated heterocycles. The summed E-state index contributed by atoms with van der Waals surface area (Å²) in [6.45, 7) is 3.23. The molecule has 2 aromatic rings. The highest BCUT2D eigenvalue weighted by molar-refractivity contribution is 5.73. The normalized spacial score (nSPS) is 16.6. The fourth-order valence-corrected chi connectivity index (χ4v) is 3.31. The first-order chi connectivity index (χ1) is 20.7. The molecular formula is C25H28F9N3O8. The van der Waals surface area contributed by atoms with Crippen LogP contribution in [-0.4, -0.2) is 106 Å². The number of ether oxygens (including phenoxy) is 2. The average molecular weight is 669 g/mol. The van der Waals surface area contributed by atoms with E-state index in [1.807, 2.05) is 36.9 Å². The van der Waals surface area contributed by atoms with E-state index in [-0.39, 0.29) is 6.10 Å². The van der Waals surface area contributed by atoms with Gasteiger partial charge in [0.1, 0.15) is 0 Å². The highest BCUT2D eigenvalue weighted by Gasteiger charge is 2.39. The molecule has 0 spiro atoms. The molecule has 45 heavy (non-hydrogen) atoms. The predicted octanol–water partition coefficient (Wildman–Crippen LogP) is 4.23. The number of hydrogen-bond donors (Lipinski definition) is 3. The Morgan fingerprint density at radius 3 is 1.58 bits per heavy atom. The maximum Gasteiger partial charge on any atom is 0.490 e. The molecule has 2 aromatic heterocycles. The van der Waals surface area contributed by atoms with Crippen molar-refractivity contribution in [1.29, 1.82) is 0 Å². The van der Waals surface area contributed by atoms with Gasteiger partial charge in [-0.15, -0.1) is 0 Å². The SMILES string of the molecule is COCCO[C@H]1CCN(Cc2cccnc2)[C@H]1Cc1cccnc1.O=C(O)C(F)(F)F.O=C(O)C(F)(F)F.O=C(O)C(F)(F)F. The van der Waals surface area contributed by atoms with Crippen molar-refractivity contribution in [3.05, 3.63) is 60.2 Å². The summed E-state index contributed by atoms with van der Waals surface area (Å²) >= 11 is 0. The van der Waals surface area contributed by atoms with Crippen molar-refractivity contribution in [2.75, 3.05) is 26.9 Å². The maximum atomic E-state index is 10.6. The molecule has 2 atom stereocenters. The zero-order valence-electron chi connectivity index (χ0n) is 23.1. The van der Waals surface area contributed by atoms with E-state index in [9.17, 15) is 39.5 Å². The van der Waals surface area contributed by atoms with Gasteiger partial charge in [-0.2, -0.15) is 39.5 Å². The van der Waals surface area contributed by atoms with Crippen LogP contribution < -0.4 is 0 Å². The molecule has 0 bridgehead atoms. The van der Waals surface area contributed by atoms with Gasteiger partial charge >= 0.3 is 36.4 Å². The van der Waals surface area contributed by atoms with Crippen LogP contribution in [0.3, 0.4) is 0 Å². The smallest absolute Gasteiger partial charge is 0.475 e. The topological polar surface area (TPSA) is 159 Å². The number of hydrogen-bond acceptors (Lipinski definition) is 8. The Morgan fingerprint density at radius 2 is 1.22 bits per heavy atom. The summed E-state index contributed by atoms with van der Waals surface area (Å²) in [6, 6.07) is 8.61. The van der Waals surface area contributed by atoms with Crippen molar-refractivity contribution < 1.29 is 78.7 Å². The number of aliphatic carboxylic acids is 3. The van der Waals surface area contributed by atoms with Crippen molar-refractivity contribution >= 4 is 17.9 Å². The lowest BCUT2D eigenvalue weighted by atomic mass is 10.0. The lowest BCUT2D eigenvalue weighted by molar-refractivity contribution is -0.193. The highest BCUT2D eigenvalue weighted by atomic mass is 19.4. The molecular weight excluding hydrogens is 641 g/mol. The van der Waals surface area contributed by atoms with Gasteiger partial charge < -0.3 is 24.8 Å². The van der Waals surface area contributed by atoms with Crippen molar-refractivity contribution in [1.82, 2.24) is 14.9 Å². The first kappa shape index (κ1) is 41.0. The quantitative estimate of drug-likeness (QED) is 0.273. The molecule has 0 saturated carbocycles. The number of aromatic nitrogens is 2. The second kappa shape index (κ2) is 19.4.